The molecule has 0 aliphatic heterocycles. The Labute approximate surface area is 197 Å². The SMILES string of the molecule is C=C1C=C(C)C(c2ccccc2)=[C]1[Zr][C]1=C(c2ccccc2)C(C)=CC1=C.Cl.Cl. The topological polar surface area (TPSA) is 0 Å². The second kappa shape index (κ2) is 9.90. The van der Waals surface area contributed by atoms with Crippen molar-refractivity contribution in [3.63, 3.8) is 0 Å². The van der Waals surface area contributed by atoms with Crippen molar-refractivity contribution in [1.29, 1.82) is 0 Å². The Balaban J connectivity index is 0.00000150. The molecule has 3 heteroatoms. The van der Waals surface area contributed by atoms with Crippen molar-refractivity contribution in [1.82, 2.24) is 0 Å². The fourth-order valence-corrected chi connectivity index (χ4v) is 7.94. The van der Waals surface area contributed by atoms with Crippen molar-refractivity contribution < 1.29 is 23.2 Å². The van der Waals surface area contributed by atoms with Crippen LogP contribution in [0, 0.1) is 0 Å². The van der Waals surface area contributed by atoms with E-state index in [2.05, 4.69) is 99.8 Å². The Morgan fingerprint density at radius 3 is 1.28 bits per heavy atom. The summed E-state index contributed by atoms with van der Waals surface area (Å²) in [6, 6.07) is 21.5. The standard InChI is InChI=1S/2C13H11.2ClH.Zr/c2*1-10-8-11(2)13(9-10)12-6-4-3-5-7-12;;;/h2*3-8H,1H2,2H3;2*1H;. The molecular formula is C26H24Cl2Zr. The van der Waals surface area contributed by atoms with Crippen LogP contribution in [-0.2, 0) is 23.2 Å². The van der Waals surface area contributed by atoms with Gasteiger partial charge in [-0.05, 0) is 0 Å². The molecule has 2 aromatic rings. The van der Waals surface area contributed by atoms with Crippen molar-refractivity contribution in [2.75, 3.05) is 0 Å². The molecule has 2 aliphatic rings. The number of rotatable bonds is 4. The second-order valence-electron chi connectivity index (χ2n) is 7.06. The Morgan fingerprint density at radius 1 is 0.586 bits per heavy atom. The molecule has 2 aromatic carbocycles. The van der Waals surface area contributed by atoms with Crippen LogP contribution in [0.1, 0.15) is 25.0 Å². The van der Waals surface area contributed by atoms with Crippen molar-refractivity contribution in [3.8, 4) is 0 Å². The summed E-state index contributed by atoms with van der Waals surface area (Å²) in [6.07, 6.45) is 4.50. The van der Waals surface area contributed by atoms with E-state index in [-0.39, 0.29) is 24.8 Å². The molecule has 0 aromatic heterocycles. The van der Waals surface area contributed by atoms with E-state index in [1.165, 1.54) is 51.1 Å². The summed E-state index contributed by atoms with van der Waals surface area (Å²) in [5.41, 5.74) is 10.4. The van der Waals surface area contributed by atoms with Crippen molar-refractivity contribution in [2.45, 2.75) is 13.8 Å². The van der Waals surface area contributed by atoms with Gasteiger partial charge in [-0.3, -0.25) is 0 Å². The Kier molecular flexibility index (Phi) is 8.06. The van der Waals surface area contributed by atoms with E-state index < -0.39 is 23.2 Å². The predicted octanol–water partition coefficient (Wildman–Crippen LogP) is 7.77. The number of allylic oxidation sites excluding steroid dienone is 10. The molecule has 146 valence electrons. The molecular weight excluding hydrogens is 474 g/mol. The quantitative estimate of drug-likeness (QED) is 0.404. The minimum atomic E-state index is -1.07. The Bertz CT molecular complexity index is 981. The van der Waals surface area contributed by atoms with Crippen LogP contribution in [0.3, 0.4) is 0 Å². The summed E-state index contributed by atoms with van der Waals surface area (Å²) in [4.78, 5) is 0. The second-order valence-corrected chi connectivity index (χ2v) is 10.1. The van der Waals surface area contributed by atoms with Crippen LogP contribution in [0.4, 0.5) is 0 Å². The molecule has 0 atom stereocenters. The largest absolute Gasteiger partial charge is 0.147 e. The number of benzene rings is 2. The summed E-state index contributed by atoms with van der Waals surface area (Å²) in [5, 5.41) is 0. The van der Waals surface area contributed by atoms with Gasteiger partial charge in [0.05, 0.1) is 0 Å². The Morgan fingerprint density at radius 2 is 0.931 bits per heavy atom. The fourth-order valence-electron chi connectivity index (χ4n) is 3.89. The first-order valence-electron chi connectivity index (χ1n) is 9.18. The van der Waals surface area contributed by atoms with E-state index in [1.807, 2.05) is 0 Å². The van der Waals surface area contributed by atoms with Crippen LogP contribution in [0.25, 0.3) is 11.1 Å². The molecule has 0 bridgehead atoms. The first kappa shape index (κ1) is 23.6. The maximum absolute atomic E-state index is 4.38. The van der Waals surface area contributed by atoms with Crippen molar-refractivity contribution in [3.05, 3.63) is 126 Å². The molecule has 0 spiro atoms. The van der Waals surface area contributed by atoms with E-state index >= 15 is 0 Å². The zero-order chi connectivity index (χ0) is 19.0. The molecule has 0 saturated carbocycles. The zero-order valence-electron chi connectivity index (χ0n) is 16.7. The summed E-state index contributed by atoms with van der Waals surface area (Å²) < 4.78 is 2.96. The van der Waals surface area contributed by atoms with E-state index in [4.69, 9.17) is 0 Å². The van der Waals surface area contributed by atoms with E-state index in [1.54, 1.807) is 0 Å². The van der Waals surface area contributed by atoms with Gasteiger partial charge in [-0.2, -0.15) is 0 Å². The first-order chi connectivity index (χ1) is 13.1. The maximum atomic E-state index is 4.38. The van der Waals surface area contributed by atoms with E-state index in [0.29, 0.717) is 0 Å². The Hall–Kier alpha value is -1.66. The third-order valence-corrected chi connectivity index (χ3v) is 9.12. The molecule has 0 unspecified atom stereocenters. The third kappa shape index (κ3) is 4.59. The number of hydrogen-bond donors (Lipinski definition) is 0. The average Bonchev–Trinajstić information content (AvgIpc) is 3.11. The molecule has 0 nitrogen and oxygen atoms in total. The molecule has 29 heavy (non-hydrogen) atoms. The summed E-state index contributed by atoms with van der Waals surface area (Å²) in [7, 11) is 0. The smallest absolute Gasteiger partial charge is 0.147 e. The van der Waals surface area contributed by atoms with Crippen molar-refractivity contribution in [2.24, 2.45) is 0 Å². The molecule has 0 radical (unpaired) electrons. The van der Waals surface area contributed by atoms with Gasteiger partial charge in [0.1, 0.15) is 0 Å². The van der Waals surface area contributed by atoms with Gasteiger partial charge in [0.15, 0.2) is 0 Å². The fraction of sp³-hybridized carbons (Fsp3) is 0.0769. The molecule has 2 aliphatic carbocycles. The van der Waals surface area contributed by atoms with Gasteiger partial charge < -0.3 is 0 Å². The van der Waals surface area contributed by atoms with Gasteiger partial charge in [-0.15, -0.1) is 24.8 Å². The third-order valence-electron chi connectivity index (χ3n) is 5.09. The van der Waals surface area contributed by atoms with Crippen LogP contribution < -0.4 is 0 Å². The molecule has 0 amide bonds. The van der Waals surface area contributed by atoms with Crippen molar-refractivity contribution >= 4 is 36.0 Å². The minimum Gasteiger partial charge on any atom is -0.147 e. The van der Waals surface area contributed by atoms with Gasteiger partial charge in [0.2, 0.25) is 0 Å². The van der Waals surface area contributed by atoms with Crippen LogP contribution >= 0.6 is 24.8 Å². The average molecular weight is 499 g/mol. The summed E-state index contributed by atoms with van der Waals surface area (Å²) in [5.74, 6) is 0. The monoisotopic (exact) mass is 496 g/mol. The number of hydrogen-bond acceptors (Lipinski definition) is 0. The van der Waals surface area contributed by atoms with Gasteiger partial charge >= 0.3 is 174 Å². The maximum Gasteiger partial charge on any atom is -0.147 e. The van der Waals surface area contributed by atoms with Gasteiger partial charge in [-0.25, -0.2) is 0 Å². The van der Waals surface area contributed by atoms with Crippen LogP contribution in [0.15, 0.2) is 115 Å². The minimum absolute atomic E-state index is 0. The summed E-state index contributed by atoms with van der Waals surface area (Å²) in [6.45, 7) is 13.2. The molecule has 0 heterocycles. The molecule has 0 N–H and O–H groups in total. The molecule has 0 saturated heterocycles. The van der Waals surface area contributed by atoms with E-state index in [9.17, 15) is 0 Å². The molecule has 4 rings (SSSR count). The van der Waals surface area contributed by atoms with Crippen LogP contribution in [0.5, 0.6) is 0 Å². The van der Waals surface area contributed by atoms with Crippen LogP contribution in [-0.4, -0.2) is 0 Å². The molecule has 0 fully saturated rings. The van der Waals surface area contributed by atoms with Crippen LogP contribution in [0.2, 0.25) is 0 Å². The summed E-state index contributed by atoms with van der Waals surface area (Å²) >= 11 is -1.07. The van der Waals surface area contributed by atoms with Gasteiger partial charge in [-0.1, -0.05) is 0 Å². The first-order valence-corrected chi connectivity index (χ1v) is 11.6. The predicted molar refractivity (Wildman–Crippen MR) is 127 cm³/mol. The number of halogens is 2. The van der Waals surface area contributed by atoms with Gasteiger partial charge in [0, 0.05) is 0 Å². The zero-order valence-corrected chi connectivity index (χ0v) is 20.7. The normalized spacial score (nSPS) is 15.7. The van der Waals surface area contributed by atoms with E-state index in [0.717, 1.165) is 0 Å². The van der Waals surface area contributed by atoms with Gasteiger partial charge in [0.25, 0.3) is 0 Å².